The smallest absolute Gasteiger partial charge is 0.00433 e. The van der Waals surface area contributed by atoms with Gasteiger partial charge in [0.1, 0.15) is 0 Å². The fraction of sp³-hybridized carbons (Fsp3) is 0.778. The Morgan fingerprint density at radius 3 is 2.15 bits per heavy atom. The van der Waals surface area contributed by atoms with Gasteiger partial charge in [-0.05, 0) is 79.9 Å². The SMILES string of the molecule is CC1(C)C=CC2=C(C3=C1CCCCCCCCC3)C1CC1CCCCCC2. The first-order valence-corrected chi connectivity index (χ1v) is 12.3. The zero-order valence-electron chi connectivity index (χ0n) is 18.1. The Labute approximate surface area is 168 Å². The minimum atomic E-state index is 0.251. The molecule has 2 atom stereocenters. The van der Waals surface area contributed by atoms with E-state index in [2.05, 4.69) is 26.0 Å². The predicted octanol–water partition coefficient (Wildman–Crippen LogP) is 8.69. The Kier molecular flexibility index (Phi) is 6.30. The minimum absolute atomic E-state index is 0.251. The third-order valence-corrected chi connectivity index (χ3v) is 7.93. The van der Waals surface area contributed by atoms with Crippen molar-refractivity contribution in [2.75, 3.05) is 0 Å². The lowest BCUT2D eigenvalue weighted by molar-refractivity contribution is 0.522. The summed E-state index contributed by atoms with van der Waals surface area (Å²) in [7, 11) is 0. The molecule has 0 amide bonds. The molecule has 1 fully saturated rings. The normalized spacial score (nSPS) is 32.5. The van der Waals surface area contributed by atoms with Gasteiger partial charge in [0.25, 0.3) is 0 Å². The van der Waals surface area contributed by atoms with Crippen molar-refractivity contribution in [3.8, 4) is 0 Å². The van der Waals surface area contributed by atoms with Crippen molar-refractivity contribution < 1.29 is 0 Å². The van der Waals surface area contributed by atoms with Gasteiger partial charge in [0.15, 0.2) is 0 Å². The van der Waals surface area contributed by atoms with Crippen LogP contribution >= 0.6 is 0 Å². The summed E-state index contributed by atoms with van der Waals surface area (Å²) < 4.78 is 0. The maximum absolute atomic E-state index is 2.59. The number of allylic oxidation sites excluding steroid dienone is 6. The van der Waals surface area contributed by atoms with Crippen LogP contribution in [0.1, 0.15) is 117 Å². The highest BCUT2D eigenvalue weighted by Crippen LogP contribution is 2.55. The van der Waals surface area contributed by atoms with Gasteiger partial charge in [-0.25, -0.2) is 0 Å². The van der Waals surface area contributed by atoms with E-state index in [1.54, 1.807) is 5.57 Å². The van der Waals surface area contributed by atoms with Gasteiger partial charge in [0, 0.05) is 5.41 Å². The highest BCUT2D eigenvalue weighted by Gasteiger charge is 2.43. The molecule has 0 heteroatoms. The topological polar surface area (TPSA) is 0 Å². The van der Waals surface area contributed by atoms with Crippen molar-refractivity contribution in [2.45, 2.75) is 117 Å². The molecule has 0 bridgehead atoms. The monoisotopic (exact) mass is 366 g/mol. The molecule has 27 heavy (non-hydrogen) atoms. The molecule has 4 aliphatic carbocycles. The molecule has 0 saturated heterocycles. The summed E-state index contributed by atoms with van der Waals surface area (Å²) in [5.41, 5.74) is 7.56. The van der Waals surface area contributed by atoms with E-state index in [1.165, 1.54) is 103 Å². The zero-order valence-corrected chi connectivity index (χ0v) is 18.1. The van der Waals surface area contributed by atoms with Gasteiger partial charge in [-0.15, -0.1) is 0 Å². The molecule has 0 aromatic carbocycles. The summed E-state index contributed by atoms with van der Waals surface area (Å²) in [5, 5.41) is 0. The third kappa shape index (κ3) is 4.63. The molecule has 0 aromatic rings. The standard InChI is InChI=1S/C27H42/c1-27(2)19-18-21-14-10-8-9-11-15-22-20-24(22)26(21)23-16-12-6-4-3-5-7-13-17-25(23)27/h18-19,22,24H,3-17,20H2,1-2H3. The van der Waals surface area contributed by atoms with Crippen molar-refractivity contribution in [1.82, 2.24) is 0 Å². The average Bonchev–Trinajstić information content (AvgIpc) is 3.42. The highest BCUT2D eigenvalue weighted by atomic mass is 14.5. The van der Waals surface area contributed by atoms with Crippen LogP contribution in [-0.4, -0.2) is 0 Å². The maximum Gasteiger partial charge on any atom is 0.00433 e. The van der Waals surface area contributed by atoms with E-state index in [9.17, 15) is 0 Å². The molecular formula is C27H42. The fourth-order valence-electron chi connectivity index (χ4n) is 6.17. The van der Waals surface area contributed by atoms with Crippen LogP contribution in [0, 0.1) is 17.3 Å². The van der Waals surface area contributed by atoms with Gasteiger partial charge in [-0.1, -0.05) is 82.9 Å². The van der Waals surface area contributed by atoms with Crippen LogP contribution in [0.4, 0.5) is 0 Å². The van der Waals surface area contributed by atoms with E-state index in [4.69, 9.17) is 0 Å². The molecule has 0 N–H and O–H groups in total. The number of fused-ring (bicyclic) bond motifs is 3. The lowest BCUT2D eigenvalue weighted by Gasteiger charge is -2.29. The Morgan fingerprint density at radius 2 is 1.37 bits per heavy atom. The summed E-state index contributed by atoms with van der Waals surface area (Å²) >= 11 is 0. The van der Waals surface area contributed by atoms with Crippen LogP contribution in [0.15, 0.2) is 34.4 Å². The third-order valence-electron chi connectivity index (χ3n) is 7.93. The molecule has 1 saturated carbocycles. The number of rotatable bonds is 0. The molecule has 0 radical (unpaired) electrons. The van der Waals surface area contributed by atoms with E-state index in [-0.39, 0.29) is 5.41 Å². The predicted molar refractivity (Wildman–Crippen MR) is 118 cm³/mol. The molecule has 0 aromatic heterocycles. The van der Waals surface area contributed by atoms with Crippen LogP contribution in [0.2, 0.25) is 0 Å². The Morgan fingerprint density at radius 1 is 0.741 bits per heavy atom. The second-order valence-electron chi connectivity index (χ2n) is 10.5. The highest BCUT2D eigenvalue weighted by molar-refractivity contribution is 5.51. The minimum Gasteiger partial charge on any atom is -0.0745 e. The first-order chi connectivity index (χ1) is 13.2. The van der Waals surface area contributed by atoms with Gasteiger partial charge in [0.05, 0.1) is 0 Å². The molecule has 0 heterocycles. The molecule has 0 spiro atoms. The molecule has 0 nitrogen and oxygen atoms in total. The molecule has 150 valence electrons. The first-order valence-electron chi connectivity index (χ1n) is 12.3. The van der Waals surface area contributed by atoms with Gasteiger partial charge >= 0.3 is 0 Å². The number of hydrogen-bond acceptors (Lipinski definition) is 0. The summed E-state index contributed by atoms with van der Waals surface area (Å²) in [6.07, 6.45) is 28.1. The molecule has 4 rings (SSSR count). The molecular weight excluding hydrogens is 324 g/mol. The maximum atomic E-state index is 2.59. The number of hydrogen-bond donors (Lipinski definition) is 0. The van der Waals surface area contributed by atoms with Gasteiger partial charge in [-0.2, -0.15) is 0 Å². The van der Waals surface area contributed by atoms with Crippen molar-refractivity contribution in [2.24, 2.45) is 17.3 Å². The van der Waals surface area contributed by atoms with Crippen LogP contribution in [-0.2, 0) is 0 Å². The van der Waals surface area contributed by atoms with E-state index >= 15 is 0 Å². The zero-order chi connectivity index (χ0) is 18.7. The van der Waals surface area contributed by atoms with Crippen LogP contribution in [0.5, 0.6) is 0 Å². The van der Waals surface area contributed by atoms with Crippen LogP contribution < -0.4 is 0 Å². The van der Waals surface area contributed by atoms with Crippen LogP contribution in [0.25, 0.3) is 0 Å². The second-order valence-corrected chi connectivity index (χ2v) is 10.5. The first kappa shape index (κ1) is 19.5. The Hall–Kier alpha value is -0.780. The molecule has 4 aliphatic rings. The van der Waals surface area contributed by atoms with E-state index in [0.29, 0.717) is 0 Å². The van der Waals surface area contributed by atoms with E-state index in [1.807, 2.05) is 16.7 Å². The lowest BCUT2D eigenvalue weighted by atomic mass is 9.76. The van der Waals surface area contributed by atoms with Crippen LogP contribution in [0.3, 0.4) is 0 Å². The van der Waals surface area contributed by atoms with Crippen molar-refractivity contribution in [3.05, 3.63) is 34.4 Å². The van der Waals surface area contributed by atoms with E-state index in [0.717, 1.165) is 11.8 Å². The largest absolute Gasteiger partial charge is 0.0745 e. The van der Waals surface area contributed by atoms with Gasteiger partial charge < -0.3 is 0 Å². The fourth-order valence-corrected chi connectivity index (χ4v) is 6.17. The second kappa shape index (κ2) is 8.71. The van der Waals surface area contributed by atoms with E-state index < -0.39 is 0 Å². The van der Waals surface area contributed by atoms with Crippen molar-refractivity contribution in [3.63, 3.8) is 0 Å². The van der Waals surface area contributed by atoms with Gasteiger partial charge in [0.2, 0.25) is 0 Å². The summed E-state index contributed by atoms with van der Waals surface area (Å²) in [5.74, 6) is 1.92. The quantitative estimate of drug-likeness (QED) is 0.402. The van der Waals surface area contributed by atoms with Crippen molar-refractivity contribution >= 4 is 0 Å². The average molecular weight is 367 g/mol. The molecule has 2 unspecified atom stereocenters. The Bertz CT molecular complexity index is 612. The summed E-state index contributed by atoms with van der Waals surface area (Å²) in [6, 6.07) is 0. The summed E-state index contributed by atoms with van der Waals surface area (Å²) in [6.45, 7) is 5.00. The summed E-state index contributed by atoms with van der Waals surface area (Å²) in [4.78, 5) is 0. The molecule has 0 aliphatic heterocycles. The lowest BCUT2D eigenvalue weighted by Crippen LogP contribution is -2.15. The Balaban J connectivity index is 1.75. The van der Waals surface area contributed by atoms with Crippen molar-refractivity contribution in [1.29, 1.82) is 0 Å². The van der Waals surface area contributed by atoms with Gasteiger partial charge in [-0.3, -0.25) is 0 Å².